The monoisotopic (exact) mass is 287 g/mol. The Morgan fingerprint density at radius 1 is 1.50 bits per heavy atom. The molecule has 0 fully saturated rings. The first kappa shape index (κ1) is 12.9. The number of nitrogens with one attached hydrogen (secondary N) is 1. The van der Waals surface area contributed by atoms with Crippen molar-refractivity contribution in [1.82, 2.24) is 14.8 Å². The fourth-order valence-electron chi connectivity index (χ4n) is 2.51. The fourth-order valence-corrected chi connectivity index (χ4v) is 2.68. The summed E-state index contributed by atoms with van der Waals surface area (Å²) in [6.07, 6.45) is 2.54. The summed E-state index contributed by atoms with van der Waals surface area (Å²) in [7, 11) is 0. The molecular weight excluding hydrogens is 274 g/mol. The number of pyridine rings is 1. The molecule has 0 spiro atoms. The van der Waals surface area contributed by atoms with E-state index in [4.69, 9.17) is 11.6 Å². The molecular formula is C15H14ClN3O. The van der Waals surface area contributed by atoms with Crippen LogP contribution in [0.15, 0.2) is 35.6 Å². The summed E-state index contributed by atoms with van der Waals surface area (Å²) in [6, 6.07) is 5.51. The van der Waals surface area contributed by atoms with E-state index in [0.29, 0.717) is 22.5 Å². The lowest BCUT2D eigenvalue weighted by molar-refractivity contribution is 0.714. The van der Waals surface area contributed by atoms with Crippen LogP contribution < -0.4 is 5.56 Å². The predicted molar refractivity (Wildman–Crippen MR) is 82.4 cm³/mol. The summed E-state index contributed by atoms with van der Waals surface area (Å²) in [5.41, 5.74) is 2.28. The third-order valence-corrected chi connectivity index (χ3v) is 3.70. The molecule has 1 aromatic carbocycles. The van der Waals surface area contributed by atoms with E-state index in [-0.39, 0.29) is 5.56 Å². The molecule has 4 nitrogen and oxygen atoms in total. The molecule has 20 heavy (non-hydrogen) atoms. The summed E-state index contributed by atoms with van der Waals surface area (Å²) >= 11 is 6.08. The molecule has 0 aliphatic rings. The number of halogens is 1. The van der Waals surface area contributed by atoms with E-state index in [2.05, 4.69) is 16.8 Å². The molecule has 0 saturated carbocycles. The third kappa shape index (κ3) is 1.84. The molecule has 1 N–H and O–H groups in total. The predicted octanol–water partition coefficient (Wildman–Crippen LogP) is 3.42. The van der Waals surface area contributed by atoms with E-state index >= 15 is 0 Å². The normalized spacial score (nSPS) is 11.3. The van der Waals surface area contributed by atoms with Gasteiger partial charge in [0.25, 0.3) is 5.56 Å². The van der Waals surface area contributed by atoms with Crippen LogP contribution in [0, 0.1) is 6.92 Å². The average molecular weight is 288 g/mol. The van der Waals surface area contributed by atoms with Crippen LogP contribution in [0.2, 0.25) is 5.02 Å². The summed E-state index contributed by atoms with van der Waals surface area (Å²) in [5, 5.41) is 9.29. The van der Waals surface area contributed by atoms with E-state index in [0.717, 1.165) is 23.0 Å². The molecule has 5 heteroatoms. The quantitative estimate of drug-likeness (QED) is 0.751. The maximum absolute atomic E-state index is 12.7. The zero-order valence-electron chi connectivity index (χ0n) is 11.1. The van der Waals surface area contributed by atoms with Crippen molar-refractivity contribution in [2.45, 2.75) is 19.9 Å². The molecule has 0 aliphatic carbocycles. The van der Waals surface area contributed by atoms with Crippen LogP contribution in [-0.4, -0.2) is 14.8 Å². The number of hydrogen-bond acceptors (Lipinski definition) is 2. The Balaban J connectivity index is 2.50. The van der Waals surface area contributed by atoms with Crippen LogP contribution in [0.1, 0.15) is 12.1 Å². The van der Waals surface area contributed by atoms with Gasteiger partial charge in [0.05, 0.1) is 10.9 Å². The second-order valence-electron chi connectivity index (χ2n) is 4.77. The number of aromatic nitrogens is 3. The maximum atomic E-state index is 12.7. The highest BCUT2D eigenvalue weighted by atomic mass is 35.5. The molecule has 2 aromatic heterocycles. The Labute approximate surface area is 120 Å². The first-order valence-corrected chi connectivity index (χ1v) is 6.79. The Bertz CT molecular complexity index is 876. The minimum Gasteiger partial charge on any atom is -0.307 e. The Kier molecular flexibility index (Phi) is 3.10. The maximum Gasteiger partial charge on any atom is 0.262 e. The van der Waals surface area contributed by atoms with Crippen molar-refractivity contribution < 1.29 is 0 Å². The van der Waals surface area contributed by atoms with Gasteiger partial charge in [-0.15, -0.1) is 6.58 Å². The molecule has 0 radical (unpaired) electrons. The summed E-state index contributed by atoms with van der Waals surface area (Å²) in [5.74, 6) is 0. The molecule has 2 heterocycles. The van der Waals surface area contributed by atoms with Gasteiger partial charge in [-0.1, -0.05) is 17.7 Å². The van der Waals surface area contributed by atoms with E-state index in [1.807, 2.05) is 19.1 Å². The molecule has 0 saturated heterocycles. The van der Waals surface area contributed by atoms with Crippen molar-refractivity contribution in [1.29, 1.82) is 0 Å². The topological polar surface area (TPSA) is 50.7 Å². The van der Waals surface area contributed by atoms with Gasteiger partial charge in [-0.3, -0.25) is 9.89 Å². The van der Waals surface area contributed by atoms with Gasteiger partial charge >= 0.3 is 0 Å². The number of aromatic amines is 1. The zero-order valence-corrected chi connectivity index (χ0v) is 11.9. The minimum absolute atomic E-state index is 0.0251. The fraction of sp³-hybridized carbons (Fsp3) is 0.200. The first-order chi connectivity index (χ1) is 9.63. The van der Waals surface area contributed by atoms with Crippen LogP contribution in [0.4, 0.5) is 0 Å². The largest absolute Gasteiger partial charge is 0.307 e. The molecule has 0 aliphatic heterocycles. The average Bonchev–Trinajstić information content (AvgIpc) is 2.82. The van der Waals surface area contributed by atoms with Crippen LogP contribution in [0.25, 0.3) is 21.8 Å². The molecule has 102 valence electrons. The van der Waals surface area contributed by atoms with Gasteiger partial charge in [0.1, 0.15) is 5.52 Å². The SMILES string of the molecule is C=CCCn1c(=O)c2c(C)[nH]nc2c2cc(Cl)ccc21. The molecule has 0 unspecified atom stereocenters. The van der Waals surface area contributed by atoms with Crippen LogP contribution in [0.3, 0.4) is 0 Å². The molecule has 0 atom stereocenters. The summed E-state index contributed by atoms with van der Waals surface area (Å²) < 4.78 is 1.76. The highest BCUT2D eigenvalue weighted by molar-refractivity contribution is 6.31. The van der Waals surface area contributed by atoms with Gasteiger partial charge in [0.2, 0.25) is 0 Å². The van der Waals surface area contributed by atoms with Gasteiger partial charge in [-0.2, -0.15) is 5.10 Å². The van der Waals surface area contributed by atoms with E-state index in [9.17, 15) is 4.79 Å². The summed E-state index contributed by atoms with van der Waals surface area (Å²) in [6.45, 7) is 6.16. The second-order valence-corrected chi connectivity index (χ2v) is 5.20. The van der Waals surface area contributed by atoms with Crippen LogP contribution in [0.5, 0.6) is 0 Å². The van der Waals surface area contributed by atoms with Crippen molar-refractivity contribution in [3.05, 3.63) is 51.9 Å². The lowest BCUT2D eigenvalue weighted by Gasteiger charge is -2.10. The molecule has 3 aromatic rings. The van der Waals surface area contributed by atoms with Crippen molar-refractivity contribution in [2.75, 3.05) is 0 Å². The van der Waals surface area contributed by atoms with Crippen molar-refractivity contribution in [3.8, 4) is 0 Å². The van der Waals surface area contributed by atoms with Crippen LogP contribution >= 0.6 is 11.6 Å². The lowest BCUT2D eigenvalue weighted by Crippen LogP contribution is -2.21. The second kappa shape index (κ2) is 4.80. The number of H-pyrrole nitrogens is 1. The number of rotatable bonds is 3. The molecule has 0 bridgehead atoms. The Morgan fingerprint density at radius 2 is 2.30 bits per heavy atom. The number of hydrogen-bond donors (Lipinski definition) is 1. The number of nitrogens with zero attached hydrogens (tertiary/aromatic N) is 2. The Hall–Kier alpha value is -2.07. The highest BCUT2D eigenvalue weighted by Gasteiger charge is 2.15. The Morgan fingerprint density at radius 3 is 3.05 bits per heavy atom. The zero-order chi connectivity index (χ0) is 14.3. The highest BCUT2D eigenvalue weighted by Crippen LogP contribution is 2.25. The molecule has 3 rings (SSSR count). The number of fused-ring (bicyclic) bond motifs is 3. The minimum atomic E-state index is -0.0251. The van der Waals surface area contributed by atoms with Gasteiger partial charge in [-0.25, -0.2) is 0 Å². The van der Waals surface area contributed by atoms with Gasteiger partial charge < -0.3 is 4.57 Å². The smallest absolute Gasteiger partial charge is 0.262 e. The number of aryl methyl sites for hydroxylation is 2. The lowest BCUT2D eigenvalue weighted by atomic mass is 10.1. The van der Waals surface area contributed by atoms with Crippen molar-refractivity contribution >= 4 is 33.4 Å². The summed E-state index contributed by atoms with van der Waals surface area (Å²) in [4.78, 5) is 12.7. The standard InChI is InChI=1S/C15H14ClN3O/c1-3-4-7-19-12-6-5-10(16)8-11(12)14-13(15(19)20)9(2)17-18-14/h3,5-6,8H,1,4,7H2,2H3,(H,17,18). The van der Waals surface area contributed by atoms with Crippen molar-refractivity contribution in [2.24, 2.45) is 0 Å². The number of allylic oxidation sites excluding steroid dienone is 1. The van der Waals surface area contributed by atoms with Crippen LogP contribution in [-0.2, 0) is 6.54 Å². The van der Waals surface area contributed by atoms with Gasteiger partial charge in [-0.05, 0) is 31.5 Å². The van der Waals surface area contributed by atoms with E-state index in [1.165, 1.54) is 0 Å². The van der Waals surface area contributed by atoms with Gasteiger partial charge in [0.15, 0.2) is 0 Å². The van der Waals surface area contributed by atoms with E-state index < -0.39 is 0 Å². The molecule has 0 amide bonds. The third-order valence-electron chi connectivity index (χ3n) is 3.47. The number of benzene rings is 1. The first-order valence-electron chi connectivity index (χ1n) is 6.41. The van der Waals surface area contributed by atoms with Crippen molar-refractivity contribution in [3.63, 3.8) is 0 Å². The van der Waals surface area contributed by atoms with E-state index in [1.54, 1.807) is 16.7 Å². The van der Waals surface area contributed by atoms with Gasteiger partial charge in [0, 0.05) is 22.6 Å².